The van der Waals surface area contributed by atoms with Gasteiger partial charge >= 0.3 is 0 Å². The van der Waals surface area contributed by atoms with E-state index in [-0.39, 0.29) is 0 Å². The molecule has 0 aromatic carbocycles. The summed E-state index contributed by atoms with van der Waals surface area (Å²) in [5, 5.41) is 3.97. The van der Waals surface area contributed by atoms with Gasteiger partial charge in [0.15, 0.2) is 0 Å². The van der Waals surface area contributed by atoms with Gasteiger partial charge in [-0.3, -0.25) is 0 Å². The van der Waals surface area contributed by atoms with E-state index < -0.39 is 0 Å². The van der Waals surface area contributed by atoms with Gasteiger partial charge in [0.25, 0.3) is 0 Å². The molecular formula is C13H20ClN3O. The number of ether oxygens (including phenoxy) is 1. The Kier molecular flexibility index (Phi) is 4.80. The Hall–Kier alpha value is -0.840. The van der Waals surface area contributed by atoms with Crippen LogP contribution in [0.3, 0.4) is 0 Å². The van der Waals surface area contributed by atoms with Gasteiger partial charge in [0.05, 0.1) is 17.7 Å². The summed E-state index contributed by atoms with van der Waals surface area (Å²) >= 11 is 6.31. The number of hydrogen-bond acceptors (Lipinski definition) is 4. The Bertz CT molecular complexity index is 394. The molecule has 0 spiro atoms. The second-order valence-corrected chi connectivity index (χ2v) is 4.96. The van der Waals surface area contributed by atoms with E-state index in [0.717, 1.165) is 44.1 Å². The highest BCUT2D eigenvalue weighted by Crippen LogP contribution is 2.26. The molecule has 2 rings (SSSR count). The molecule has 1 N–H and O–H groups in total. The molecule has 0 aliphatic carbocycles. The standard InChI is InChI=1S/C13H20ClN3O/c1-3-15-7-10-6-12(14)13(16-8-10)17(2)11-4-5-18-9-11/h6,8,11,15H,3-5,7,9H2,1-2H3. The minimum absolute atomic E-state index is 0.384. The van der Waals surface area contributed by atoms with Gasteiger partial charge in [0.2, 0.25) is 0 Å². The van der Waals surface area contributed by atoms with Crippen molar-refractivity contribution in [2.24, 2.45) is 0 Å². The summed E-state index contributed by atoms with van der Waals surface area (Å²) in [6.45, 7) is 5.41. The van der Waals surface area contributed by atoms with Gasteiger partial charge in [-0.05, 0) is 24.6 Å². The number of nitrogens with one attached hydrogen (secondary N) is 1. The van der Waals surface area contributed by atoms with E-state index in [9.17, 15) is 0 Å². The van der Waals surface area contributed by atoms with Gasteiger partial charge < -0.3 is 15.0 Å². The van der Waals surface area contributed by atoms with Crippen molar-refractivity contribution in [1.82, 2.24) is 10.3 Å². The van der Waals surface area contributed by atoms with Crippen LogP contribution in [0.25, 0.3) is 0 Å². The summed E-state index contributed by atoms with van der Waals surface area (Å²) in [6.07, 6.45) is 2.92. The third-order valence-corrected chi connectivity index (χ3v) is 3.52. The molecule has 0 saturated carbocycles. The Morgan fingerprint density at radius 2 is 2.44 bits per heavy atom. The predicted octanol–water partition coefficient (Wildman–Crippen LogP) is 2.07. The molecule has 1 atom stereocenters. The van der Waals surface area contributed by atoms with Crippen LogP contribution < -0.4 is 10.2 Å². The van der Waals surface area contributed by atoms with E-state index in [2.05, 4.69) is 22.1 Å². The number of hydrogen-bond donors (Lipinski definition) is 1. The first kappa shape index (κ1) is 13.6. The summed E-state index contributed by atoms with van der Waals surface area (Å²) in [7, 11) is 2.03. The summed E-state index contributed by atoms with van der Waals surface area (Å²) in [6, 6.07) is 2.37. The first-order chi connectivity index (χ1) is 8.72. The van der Waals surface area contributed by atoms with E-state index in [0.29, 0.717) is 11.1 Å². The van der Waals surface area contributed by atoms with Gasteiger partial charge in [-0.1, -0.05) is 18.5 Å². The summed E-state index contributed by atoms with van der Waals surface area (Å²) < 4.78 is 5.39. The molecule has 0 bridgehead atoms. The van der Waals surface area contributed by atoms with Gasteiger partial charge in [-0.15, -0.1) is 0 Å². The van der Waals surface area contributed by atoms with E-state index in [4.69, 9.17) is 16.3 Å². The van der Waals surface area contributed by atoms with Crippen molar-refractivity contribution in [3.8, 4) is 0 Å². The van der Waals surface area contributed by atoms with Gasteiger partial charge in [-0.25, -0.2) is 4.98 Å². The molecule has 100 valence electrons. The molecule has 0 amide bonds. The summed E-state index contributed by atoms with van der Waals surface area (Å²) in [5.74, 6) is 0.840. The molecule has 5 heteroatoms. The number of pyridine rings is 1. The predicted molar refractivity (Wildman–Crippen MR) is 74.3 cm³/mol. The van der Waals surface area contributed by atoms with Gasteiger partial charge in [0, 0.05) is 26.4 Å². The van der Waals surface area contributed by atoms with Crippen LogP contribution >= 0.6 is 11.6 Å². The Morgan fingerprint density at radius 1 is 1.61 bits per heavy atom. The lowest BCUT2D eigenvalue weighted by atomic mass is 10.2. The zero-order valence-corrected chi connectivity index (χ0v) is 11.7. The largest absolute Gasteiger partial charge is 0.379 e. The van der Waals surface area contributed by atoms with Crippen molar-refractivity contribution in [3.63, 3.8) is 0 Å². The van der Waals surface area contributed by atoms with E-state index in [1.807, 2.05) is 19.3 Å². The van der Waals surface area contributed by atoms with Crippen molar-refractivity contribution >= 4 is 17.4 Å². The third-order valence-electron chi connectivity index (χ3n) is 3.24. The second kappa shape index (κ2) is 6.36. The van der Waals surface area contributed by atoms with Crippen LogP contribution in [0.1, 0.15) is 18.9 Å². The number of likely N-dealkylation sites (N-methyl/N-ethyl adjacent to an activating group) is 1. The number of rotatable bonds is 5. The normalized spacial score (nSPS) is 19.2. The second-order valence-electron chi connectivity index (χ2n) is 4.56. The fourth-order valence-corrected chi connectivity index (χ4v) is 2.42. The van der Waals surface area contributed by atoms with Crippen LogP contribution in [0.2, 0.25) is 5.02 Å². The minimum atomic E-state index is 0.384. The average Bonchev–Trinajstić information content (AvgIpc) is 2.89. The molecule has 2 heterocycles. The third kappa shape index (κ3) is 3.13. The van der Waals surface area contributed by atoms with Crippen LogP contribution in [0.4, 0.5) is 5.82 Å². The number of aromatic nitrogens is 1. The van der Waals surface area contributed by atoms with Crippen molar-refractivity contribution in [1.29, 1.82) is 0 Å². The van der Waals surface area contributed by atoms with Crippen LogP contribution in [0, 0.1) is 0 Å². The van der Waals surface area contributed by atoms with E-state index in [1.54, 1.807) is 0 Å². The Labute approximate surface area is 113 Å². The van der Waals surface area contributed by atoms with Gasteiger partial charge in [-0.2, -0.15) is 0 Å². The van der Waals surface area contributed by atoms with Crippen molar-refractivity contribution in [2.75, 3.05) is 31.7 Å². The lowest BCUT2D eigenvalue weighted by molar-refractivity contribution is 0.193. The molecule has 1 aliphatic rings. The number of halogens is 1. The zero-order chi connectivity index (χ0) is 13.0. The van der Waals surface area contributed by atoms with Crippen LogP contribution in [-0.2, 0) is 11.3 Å². The highest BCUT2D eigenvalue weighted by molar-refractivity contribution is 6.33. The maximum atomic E-state index is 6.31. The maximum absolute atomic E-state index is 6.31. The van der Waals surface area contributed by atoms with Crippen LogP contribution in [-0.4, -0.2) is 37.8 Å². The Balaban J connectivity index is 2.08. The first-order valence-corrected chi connectivity index (χ1v) is 6.76. The molecule has 4 nitrogen and oxygen atoms in total. The first-order valence-electron chi connectivity index (χ1n) is 6.38. The Morgan fingerprint density at radius 3 is 3.06 bits per heavy atom. The van der Waals surface area contributed by atoms with Gasteiger partial charge in [0.1, 0.15) is 5.82 Å². The molecule has 1 unspecified atom stereocenters. The van der Waals surface area contributed by atoms with Crippen LogP contribution in [0.15, 0.2) is 12.3 Å². The minimum Gasteiger partial charge on any atom is -0.379 e. The van der Waals surface area contributed by atoms with E-state index >= 15 is 0 Å². The smallest absolute Gasteiger partial charge is 0.147 e. The van der Waals surface area contributed by atoms with Crippen molar-refractivity contribution < 1.29 is 4.74 Å². The fourth-order valence-electron chi connectivity index (χ4n) is 2.10. The molecule has 1 aliphatic heterocycles. The quantitative estimate of drug-likeness (QED) is 0.888. The highest BCUT2D eigenvalue weighted by Gasteiger charge is 2.22. The average molecular weight is 270 g/mol. The zero-order valence-electron chi connectivity index (χ0n) is 10.9. The summed E-state index contributed by atoms with van der Waals surface area (Å²) in [4.78, 5) is 6.59. The molecule has 1 fully saturated rings. The molecular weight excluding hydrogens is 250 g/mol. The molecule has 1 aromatic heterocycles. The summed E-state index contributed by atoms with van der Waals surface area (Å²) in [5.41, 5.74) is 1.11. The molecule has 1 saturated heterocycles. The monoisotopic (exact) mass is 269 g/mol. The lowest BCUT2D eigenvalue weighted by Gasteiger charge is -2.25. The molecule has 0 radical (unpaired) electrons. The topological polar surface area (TPSA) is 37.4 Å². The highest BCUT2D eigenvalue weighted by atomic mass is 35.5. The molecule has 18 heavy (non-hydrogen) atoms. The number of nitrogens with zero attached hydrogens (tertiary/aromatic N) is 2. The van der Waals surface area contributed by atoms with Crippen molar-refractivity contribution in [3.05, 3.63) is 22.8 Å². The molecule has 1 aromatic rings. The van der Waals surface area contributed by atoms with Crippen molar-refractivity contribution in [2.45, 2.75) is 25.9 Å². The number of anilines is 1. The lowest BCUT2D eigenvalue weighted by Crippen LogP contribution is -2.32. The van der Waals surface area contributed by atoms with Crippen LogP contribution in [0.5, 0.6) is 0 Å². The SMILES string of the molecule is CCNCc1cnc(N(C)C2CCOC2)c(Cl)c1. The maximum Gasteiger partial charge on any atom is 0.147 e. The van der Waals surface area contributed by atoms with E-state index in [1.165, 1.54) is 0 Å². The fraction of sp³-hybridized carbons (Fsp3) is 0.615.